The molecule has 0 aliphatic carbocycles. The van der Waals surface area contributed by atoms with Gasteiger partial charge < -0.3 is 9.47 Å². The van der Waals surface area contributed by atoms with E-state index in [1.165, 1.54) is 20.3 Å². The van der Waals surface area contributed by atoms with Crippen molar-refractivity contribution < 1.29 is 14.3 Å². The fourth-order valence-corrected chi connectivity index (χ4v) is 4.33. The number of carbonyl (C=O) groups is 1. The monoisotopic (exact) mass is 478 g/mol. The first kappa shape index (κ1) is 22.8. The van der Waals surface area contributed by atoms with E-state index in [-0.39, 0.29) is 12.2 Å². The highest BCUT2D eigenvalue weighted by atomic mass is 35.5. The zero-order chi connectivity index (χ0) is 23.5. The lowest BCUT2D eigenvalue weighted by Gasteiger charge is -2.15. The number of carbonyl (C=O) groups excluding carboxylic acids is 1. The Bertz CT molecular complexity index is 1360. The molecule has 1 heterocycles. The smallest absolute Gasteiger partial charge is 0.160 e. The van der Waals surface area contributed by atoms with E-state index >= 15 is 0 Å². The van der Waals surface area contributed by atoms with Gasteiger partial charge in [0.15, 0.2) is 11.6 Å². The van der Waals surface area contributed by atoms with Crippen LogP contribution in [-0.4, -0.2) is 30.0 Å². The fraction of sp³-hybridized carbons (Fsp3) is 0.115. The third kappa shape index (κ3) is 4.42. The molecule has 0 spiro atoms. The molecular formula is C26H20Cl2N2O3. The zero-order valence-corrected chi connectivity index (χ0v) is 19.6. The molecular weight excluding hydrogens is 459 g/mol. The average molecular weight is 479 g/mol. The second kappa shape index (κ2) is 9.61. The number of methoxy groups -OCH3 is 2. The third-order valence-electron chi connectivity index (χ3n) is 5.29. The molecule has 4 aromatic rings. The Morgan fingerprint density at radius 1 is 1.03 bits per heavy atom. The first-order chi connectivity index (χ1) is 16.0. The molecule has 0 aliphatic heterocycles. The molecule has 0 N–H and O–H groups in total. The van der Waals surface area contributed by atoms with E-state index in [0.717, 1.165) is 27.6 Å². The number of ether oxygens (including phenoxy) is 2. The van der Waals surface area contributed by atoms with Crippen molar-refractivity contribution in [3.8, 4) is 34.0 Å². The Hall–Kier alpha value is -3.41. The summed E-state index contributed by atoms with van der Waals surface area (Å²) in [7, 11) is 3.07. The highest BCUT2D eigenvalue weighted by molar-refractivity contribution is 6.41. The summed E-state index contributed by atoms with van der Waals surface area (Å²) in [6.45, 7) is 3.55. The largest absolute Gasteiger partial charge is 0.495 e. The van der Waals surface area contributed by atoms with Gasteiger partial charge in [0.05, 0.1) is 29.8 Å². The number of halogens is 2. The van der Waals surface area contributed by atoms with Crippen LogP contribution < -0.4 is 9.47 Å². The molecule has 0 unspecified atom stereocenters. The van der Waals surface area contributed by atoms with Crippen molar-refractivity contribution in [3.63, 3.8) is 0 Å². The summed E-state index contributed by atoms with van der Waals surface area (Å²) < 4.78 is 10.8. The molecule has 33 heavy (non-hydrogen) atoms. The molecule has 0 radical (unpaired) electrons. The average Bonchev–Trinajstić information content (AvgIpc) is 2.84. The van der Waals surface area contributed by atoms with Crippen molar-refractivity contribution in [2.75, 3.05) is 14.2 Å². The highest BCUT2D eigenvalue weighted by Gasteiger charge is 2.19. The van der Waals surface area contributed by atoms with E-state index in [1.807, 2.05) is 42.5 Å². The summed E-state index contributed by atoms with van der Waals surface area (Å²) in [5.74, 6) is 1.41. The third-order valence-corrected chi connectivity index (χ3v) is 6.04. The van der Waals surface area contributed by atoms with Crippen molar-refractivity contribution in [2.45, 2.75) is 6.42 Å². The molecule has 0 aliphatic rings. The van der Waals surface area contributed by atoms with Crippen LogP contribution in [0.3, 0.4) is 0 Å². The van der Waals surface area contributed by atoms with Crippen molar-refractivity contribution in [1.29, 1.82) is 0 Å². The van der Waals surface area contributed by atoms with E-state index in [2.05, 4.69) is 11.6 Å². The number of rotatable bonds is 7. The maximum atomic E-state index is 11.9. The Labute approximate surface area is 201 Å². The number of ketones is 1. The Kier molecular flexibility index (Phi) is 6.63. The van der Waals surface area contributed by atoms with Gasteiger partial charge in [0.25, 0.3) is 0 Å². The first-order valence-corrected chi connectivity index (χ1v) is 10.8. The standard InChI is InChI=1S/C26H20Cl2N2O3/c1-4-18(31)12-15-7-5-6-8-19(15)26-29-14-17-11-16(9-10-20(17)30-26)23-24(27)21(32-2)13-22(33-3)25(23)28/h4-11,13-14H,1,12H2,2-3H3. The first-order valence-electron chi connectivity index (χ1n) is 10.1. The number of fused-ring (bicyclic) bond motifs is 1. The van der Waals surface area contributed by atoms with Crippen LogP contribution >= 0.6 is 23.2 Å². The molecule has 5 nitrogen and oxygen atoms in total. The van der Waals surface area contributed by atoms with E-state index in [0.29, 0.717) is 32.9 Å². The van der Waals surface area contributed by atoms with Crippen molar-refractivity contribution in [1.82, 2.24) is 9.97 Å². The van der Waals surface area contributed by atoms with Gasteiger partial charge in [-0.2, -0.15) is 0 Å². The fourth-order valence-electron chi connectivity index (χ4n) is 3.61. The minimum Gasteiger partial charge on any atom is -0.495 e. The number of benzene rings is 3. The molecule has 0 amide bonds. The summed E-state index contributed by atoms with van der Waals surface area (Å²) in [6, 6.07) is 14.9. The van der Waals surface area contributed by atoms with Crippen LogP contribution in [0.1, 0.15) is 5.56 Å². The topological polar surface area (TPSA) is 61.3 Å². The molecule has 0 fully saturated rings. The van der Waals surface area contributed by atoms with Gasteiger partial charge in [-0.1, -0.05) is 60.1 Å². The van der Waals surface area contributed by atoms with Crippen LogP contribution in [0.5, 0.6) is 11.5 Å². The molecule has 4 rings (SSSR count). The van der Waals surface area contributed by atoms with Crippen LogP contribution in [-0.2, 0) is 11.2 Å². The lowest BCUT2D eigenvalue weighted by molar-refractivity contribution is -0.114. The van der Waals surface area contributed by atoms with Gasteiger partial charge in [0, 0.05) is 35.2 Å². The van der Waals surface area contributed by atoms with Crippen LogP contribution in [0.25, 0.3) is 33.4 Å². The molecule has 3 aromatic carbocycles. The predicted molar refractivity (Wildman–Crippen MR) is 132 cm³/mol. The minimum atomic E-state index is -0.0599. The quantitative estimate of drug-likeness (QED) is 0.280. The molecule has 1 aromatic heterocycles. The lowest BCUT2D eigenvalue weighted by Crippen LogP contribution is -2.01. The zero-order valence-electron chi connectivity index (χ0n) is 18.1. The second-order valence-corrected chi connectivity index (χ2v) is 8.01. The van der Waals surface area contributed by atoms with Gasteiger partial charge in [-0.15, -0.1) is 0 Å². The highest BCUT2D eigenvalue weighted by Crippen LogP contribution is 2.46. The Morgan fingerprint density at radius 2 is 1.73 bits per heavy atom. The summed E-state index contributed by atoms with van der Waals surface area (Å²) in [5.41, 5.74) is 3.79. The minimum absolute atomic E-state index is 0.0599. The van der Waals surface area contributed by atoms with Crippen LogP contribution in [0.15, 0.2) is 67.4 Å². The molecule has 0 bridgehead atoms. The van der Waals surface area contributed by atoms with Gasteiger partial charge in [0.2, 0.25) is 0 Å². The second-order valence-electron chi connectivity index (χ2n) is 7.26. The predicted octanol–water partition coefficient (Wildman–Crippen LogP) is 6.59. The lowest BCUT2D eigenvalue weighted by atomic mass is 10.0. The van der Waals surface area contributed by atoms with E-state index < -0.39 is 0 Å². The molecule has 7 heteroatoms. The number of hydrogen-bond acceptors (Lipinski definition) is 5. The molecule has 166 valence electrons. The maximum absolute atomic E-state index is 11.9. The summed E-state index contributed by atoms with van der Waals surface area (Å²) in [4.78, 5) is 21.2. The SMILES string of the molecule is C=CC(=O)Cc1ccccc1-c1ncc2cc(-c3c(Cl)c(OC)cc(OC)c3Cl)ccc2n1. The van der Waals surface area contributed by atoms with Crippen molar-refractivity contribution in [2.24, 2.45) is 0 Å². The maximum Gasteiger partial charge on any atom is 0.160 e. The molecule has 0 atom stereocenters. The summed E-state index contributed by atoms with van der Waals surface area (Å²) in [6.07, 6.45) is 3.31. The van der Waals surface area contributed by atoms with Gasteiger partial charge >= 0.3 is 0 Å². The van der Waals surface area contributed by atoms with Crippen LogP contribution in [0, 0.1) is 0 Å². The molecule has 0 saturated heterocycles. The van der Waals surface area contributed by atoms with Crippen LogP contribution in [0.4, 0.5) is 0 Å². The number of allylic oxidation sites excluding steroid dienone is 1. The van der Waals surface area contributed by atoms with Gasteiger partial charge in [0.1, 0.15) is 11.5 Å². The van der Waals surface area contributed by atoms with Gasteiger partial charge in [-0.25, -0.2) is 9.97 Å². The number of aromatic nitrogens is 2. The molecule has 0 saturated carbocycles. The van der Waals surface area contributed by atoms with E-state index in [4.69, 9.17) is 37.7 Å². The van der Waals surface area contributed by atoms with Crippen molar-refractivity contribution in [3.05, 3.63) is 83.0 Å². The van der Waals surface area contributed by atoms with Gasteiger partial charge in [-0.3, -0.25) is 4.79 Å². The summed E-state index contributed by atoms with van der Waals surface area (Å²) >= 11 is 13.1. The Balaban J connectivity index is 1.80. The van der Waals surface area contributed by atoms with Crippen LogP contribution in [0.2, 0.25) is 10.0 Å². The Morgan fingerprint density at radius 3 is 2.39 bits per heavy atom. The van der Waals surface area contributed by atoms with E-state index in [9.17, 15) is 4.79 Å². The normalized spacial score (nSPS) is 10.8. The van der Waals surface area contributed by atoms with E-state index in [1.54, 1.807) is 12.3 Å². The van der Waals surface area contributed by atoms with Crippen molar-refractivity contribution >= 4 is 39.9 Å². The van der Waals surface area contributed by atoms with Gasteiger partial charge in [-0.05, 0) is 29.3 Å². The summed E-state index contributed by atoms with van der Waals surface area (Å²) in [5, 5.41) is 1.59. The number of nitrogens with zero attached hydrogens (tertiary/aromatic N) is 2. The number of hydrogen-bond donors (Lipinski definition) is 0.